The minimum Gasteiger partial charge on any atom is -0.460 e. The summed E-state index contributed by atoms with van der Waals surface area (Å²) in [6.45, 7) is 2.98. The first-order chi connectivity index (χ1) is 9.44. The fourth-order valence-electron chi connectivity index (χ4n) is 2.11. The molecule has 20 heavy (non-hydrogen) atoms. The first-order valence-corrected chi connectivity index (χ1v) is 6.46. The largest absolute Gasteiger partial charge is 0.460 e. The minimum atomic E-state index is -1.32. The third kappa shape index (κ3) is 2.57. The number of esters is 1. The lowest BCUT2D eigenvalue weighted by Crippen LogP contribution is -2.62. The number of hydrogen-bond donors (Lipinski definition) is 1. The summed E-state index contributed by atoms with van der Waals surface area (Å²) in [6.07, 6.45) is 0.177. The quantitative estimate of drug-likeness (QED) is 0.498. The van der Waals surface area contributed by atoms with Gasteiger partial charge < -0.3 is 10.1 Å². The van der Waals surface area contributed by atoms with Crippen LogP contribution in [-0.4, -0.2) is 23.7 Å². The molecule has 0 radical (unpaired) electrons. The Morgan fingerprint density at radius 3 is 2.45 bits per heavy atom. The van der Waals surface area contributed by atoms with E-state index < -0.39 is 17.4 Å². The Bertz CT molecular complexity index is 532. The molecule has 1 fully saturated rings. The van der Waals surface area contributed by atoms with Gasteiger partial charge in [0.25, 0.3) is 0 Å². The van der Waals surface area contributed by atoms with Crippen molar-refractivity contribution in [1.29, 1.82) is 0 Å². The van der Waals surface area contributed by atoms with Crippen molar-refractivity contribution in [2.75, 3.05) is 0 Å². The molecule has 1 aliphatic rings. The van der Waals surface area contributed by atoms with Gasteiger partial charge in [0.15, 0.2) is 0 Å². The predicted molar refractivity (Wildman–Crippen MR) is 71.6 cm³/mol. The molecule has 2 atom stereocenters. The summed E-state index contributed by atoms with van der Waals surface area (Å²) in [5, 5.41) is 2.58. The van der Waals surface area contributed by atoms with Crippen LogP contribution in [0, 0.1) is 5.41 Å². The van der Waals surface area contributed by atoms with Crippen LogP contribution in [-0.2, 0) is 25.7 Å². The van der Waals surface area contributed by atoms with Gasteiger partial charge >= 0.3 is 5.97 Å². The number of benzene rings is 1. The topological polar surface area (TPSA) is 72.5 Å². The van der Waals surface area contributed by atoms with Gasteiger partial charge in [0.2, 0.25) is 5.91 Å². The van der Waals surface area contributed by atoms with Crippen molar-refractivity contribution >= 4 is 17.7 Å². The summed E-state index contributed by atoms with van der Waals surface area (Å²) in [4.78, 5) is 35.0. The van der Waals surface area contributed by atoms with Crippen molar-refractivity contribution in [2.24, 2.45) is 5.41 Å². The van der Waals surface area contributed by atoms with Crippen molar-refractivity contribution in [3.8, 4) is 0 Å². The molecule has 0 saturated carbocycles. The Balaban J connectivity index is 2.04. The highest BCUT2D eigenvalue weighted by Crippen LogP contribution is 2.31. The Kier molecular flexibility index (Phi) is 3.88. The number of amides is 1. The number of ether oxygens (including phenoxy) is 1. The van der Waals surface area contributed by atoms with Crippen molar-refractivity contribution in [2.45, 2.75) is 32.9 Å². The van der Waals surface area contributed by atoms with E-state index in [1.54, 1.807) is 0 Å². The van der Waals surface area contributed by atoms with E-state index in [-0.39, 0.29) is 24.7 Å². The number of β-lactam (4-membered cyclic amide) rings is 1. The number of ketones is 1. The van der Waals surface area contributed by atoms with Crippen LogP contribution in [0.15, 0.2) is 30.3 Å². The highest BCUT2D eigenvalue weighted by molar-refractivity contribution is 6.05. The van der Waals surface area contributed by atoms with Gasteiger partial charge in [-0.3, -0.25) is 14.4 Å². The van der Waals surface area contributed by atoms with E-state index in [4.69, 9.17) is 4.74 Å². The standard InChI is InChI=1S/C15H17NO4/c1-10(17)15(2,12-8-13(18)16-12)14(19)20-9-11-6-4-3-5-7-11/h3-7,12H,8-9H2,1-2H3,(H,16,18). The van der Waals surface area contributed by atoms with E-state index in [9.17, 15) is 14.4 Å². The highest BCUT2D eigenvalue weighted by atomic mass is 16.5. The second kappa shape index (κ2) is 5.45. The second-order valence-corrected chi connectivity index (χ2v) is 5.14. The number of rotatable bonds is 5. The Morgan fingerprint density at radius 2 is 1.95 bits per heavy atom. The molecular weight excluding hydrogens is 258 g/mol. The molecule has 2 unspecified atom stereocenters. The van der Waals surface area contributed by atoms with Gasteiger partial charge in [0, 0.05) is 6.42 Å². The van der Waals surface area contributed by atoms with Crippen LogP contribution < -0.4 is 5.32 Å². The molecule has 1 saturated heterocycles. The van der Waals surface area contributed by atoms with Crippen LogP contribution in [0.25, 0.3) is 0 Å². The third-order valence-corrected chi connectivity index (χ3v) is 3.79. The summed E-state index contributed by atoms with van der Waals surface area (Å²) in [7, 11) is 0. The fraction of sp³-hybridized carbons (Fsp3) is 0.400. The number of carbonyl (C=O) groups excluding carboxylic acids is 3. The molecular formula is C15H17NO4. The molecule has 1 aromatic rings. The summed E-state index contributed by atoms with van der Waals surface area (Å²) in [5.74, 6) is -1.06. The van der Waals surface area contributed by atoms with Crippen LogP contribution in [0.1, 0.15) is 25.8 Å². The van der Waals surface area contributed by atoms with Crippen molar-refractivity contribution < 1.29 is 19.1 Å². The number of carbonyl (C=O) groups is 3. The molecule has 5 nitrogen and oxygen atoms in total. The number of Topliss-reactive ketones (excluding diaryl/α,β-unsaturated/α-hetero) is 1. The summed E-state index contributed by atoms with van der Waals surface area (Å²) >= 11 is 0. The fourth-order valence-corrected chi connectivity index (χ4v) is 2.11. The molecule has 0 aromatic heterocycles. The summed E-state index contributed by atoms with van der Waals surface area (Å²) in [5.41, 5.74) is -0.465. The van der Waals surface area contributed by atoms with E-state index in [0.29, 0.717) is 0 Å². The maximum Gasteiger partial charge on any atom is 0.321 e. The van der Waals surface area contributed by atoms with Crippen LogP contribution in [0.5, 0.6) is 0 Å². The van der Waals surface area contributed by atoms with Gasteiger partial charge in [-0.25, -0.2) is 0 Å². The Hall–Kier alpha value is -2.17. The monoisotopic (exact) mass is 275 g/mol. The van der Waals surface area contributed by atoms with E-state index in [2.05, 4.69) is 5.32 Å². The highest BCUT2D eigenvalue weighted by Gasteiger charge is 2.52. The van der Waals surface area contributed by atoms with Crippen LogP contribution >= 0.6 is 0 Å². The minimum absolute atomic E-state index is 0.114. The maximum absolute atomic E-state index is 12.2. The van der Waals surface area contributed by atoms with Gasteiger partial charge in [0.1, 0.15) is 17.8 Å². The van der Waals surface area contributed by atoms with E-state index >= 15 is 0 Å². The van der Waals surface area contributed by atoms with Crippen molar-refractivity contribution in [1.82, 2.24) is 5.32 Å². The average molecular weight is 275 g/mol. The third-order valence-electron chi connectivity index (χ3n) is 3.79. The van der Waals surface area contributed by atoms with Gasteiger partial charge in [-0.05, 0) is 19.4 Å². The molecule has 2 rings (SSSR count). The SMILES string of the molecule is CC(=O)C(C)(C(=O)OCc1ccccc1)C1CC(=O)N1. The lowest BCUT2D eigenvalue weighted by atomic mass is 9.74. The smallest absolute Gasteiger partial charge is 0.321 e. The van der Waals surface area contributed by atoms with E-state index in [1.807, 2.05) is 30.3 Å². The first kappa shape index (κ1) is 14.2. The molecule has 0 spiro atoms. The predicted octanol–water partition coefficient (Wildman–Crippen LogP) is 1.21. The zero-order valence-electron chi connectivity index (χ0n) is 11.5. The van der Waals surface area contributed by atoms with Crippen molar-refractivity contribution in [3.63, 3.8) is 0 Å². The molecule has 1 amide bonds. The number of nitrogens with one attached hydrogen (secondary N) is 1. The molecule has 0 bridgehead atoms. The first-order valence-electron chi connectivity index (χ1n) is 6.46. The lowest BCUT2D eigenvalue weighted by molar-refractivity contribution is -0.164. The molecule has 1 heterocycles. The van der Waals surface area contributed by atoms with Gasteiger partial charge in [0.05, 0.1) is 6.04 Å². The summed E-state index contributed by atoms with van der Waals surface area (Å²) < 4.78 is 5.24. The molecule has 106 valence electrons. The molecule has 1 aliphatic heterocycles. The molecule has 1 aromatic carbocycles. The van der Waals surface area contributed by atoms with E-state index in [0.717, 1.165) is 5.56 Å². The lowest BCUT2D eigenvalue weighted by Gasteiger charge is -2.39. The zero-order valence-corrected chi connectivity index (χ0v) is 11.5. The van der Waals surface area contributed by atoms with Crippen molar-refractivity contribution in [3.05, 3.63) is 35.9 Å². The maximum atomic E-state index is 12.2. The second-order valence-electron chi connectivity index (χ2n) is 5.14. The van der Waals surface area contributed by atoms with Crippen LogP contribution in [0.2, 0.25) is 0 Å². The van der Waals surface area contributed by atoms with Crippen LogP contribution in [0.4, 0.5) is 0 Å². The van der Waals surface area contributed by atoms with Gasteiger partial charge in [-0.2, -0.15) is 0 Å². The molecule has 1 N–H and O–H groups in total. The number of hydrogen-bond acceptors (Lipinski definition) is 4. The zero-order chi connectivity index (χ0) is 14.8. The molecule has 0 aliphatic carbocycles. The Morgan fingerprint density at radius 1 is 1.35 bits per heavy atom. The average Bonchev–Trinajstić information content (AvgIpc) is 2.41. The van der Waals surface area contributed by atoms with Gasteiger partial charge in [-0.1, -0.05) is 30.3 Å². The van der Waals surface area contributed by atoms with Gasteiger partial charge in [-0.15, -0.1) is 0 Å². The normalized spacial score (nSPS) is 20.3. The molecule has 5 heteroatoms. The van der Waals surface area contributed by atoms with Crippen LogP contribution in [0.3, 0.4) is 0 Å². The summed E-state index contributed by atoms with van der Waals surface area (Å²) in [6, 6.07) is 8.76. The van der Waals surface area contributed by atoms with E-state index in [1.165, 1.54) is 13.8 Å². The Labute approximate surface area is 117 Å².